The molecule has 4 N–H and O–H groups in total. The summed E-state index contributed by atoms with van der Waals surface area (Å²) < 4.78 is 26.4. The van der Waals surface area contributed by atoms with Crippen molar-refractivity contribution in [2.24, 2.45) is 11.8 Å². The molecule has 0 heterocycles. The number of phosphoric acid groups is 1. The minimum absolute atomic E-state index is 0.0303. The number of hydrogen-bond donors (Lipinski definition) is 4. The number of hydrogen-bond acceptors (Lipinski definition) is 9. The number of ether oxygens (including phenoxy) is 2. The number of phosphoric ester groups is 1. The zero-order valence-corrected chi connectivity index (χ0v) is 35.6. The molecule has 11 nitrogen and oxygen atoms in total. The summed E-state index contributed by atoms with van der Waals surface area (Å²) >= 11 is 0. The van der Waals surface area contributed by atoms with Gasteiger partial charge in [-0.05, 0) is 70.6 Å². The van der Waals surface area contributed by atoms with Crippen LogP contribution in [0.25, 0.3) is 0 Å². The Balaban J connectivity index is 2.28. The average Bonchev–Trinajstić information content (AvgIpc) is 3.44. The average molecular weight is 821 g/mol. The van der Waals surface area contributed by atoms with Gasteiger partial charge in [-0.25, -0.2) is 4.57 Å². The Hall–Kier alpha value is -2.92. The first-order chi connectivity index (χ1) is 27.5. The van der Waals surface area contributed by atoms with Crippen molar-refractivity contribution in [1.82, 2.24) is 0 Å². The van der Waals surface area contributed by atoms with E-state index in [4.69, 9.17) is 19.3 Å². The van der Waals surface area contributed by atoms with Gasteiger partial charge in [0.1, 0.15) is 12.4 Å². The van der Waals surface area contributed by atoms with Crippen LogP contribution in [0, 0.1) is 11.8 Å². The Kier molecular flexibility index (Phi) is 31.1. The highest BCUT2D eigenvalue weighted by atomic mass is 31.2. The van der Waals surface area contributed by atoms with Crippen molar-refractivity contribution in [3.05, 3.63) is 72.9 Å². The summed E-state index contributed by atoms with van der Waals surface area (Å²) in [4.78, 5) is 55.6. The highest BCUT2D eigenvalue weighted by molar-refractivity contribution is 7.46. The van der Waals surface area contributed by atoms with Crippen LogP contribution >= 0.6 is 7.82 Å². The molecule has 324 valence electrons. The third-order valence-electron chi connectivity index (χ3n) is 9.60. The van der Waals surface area contributed by atoms with Crippen molar-refractivity contribution in [2.45, 2.75) is 167 Å². The molecule has 1 fully saturated rings. The third kappa shape index (κ3) is 29.9. The second kappa shape index (κ2) is 34.0. The Morgan fingerprint density at radius 3 is 1.95 bits per heavy atom. The number of aliphatic hydroxyl groups is 2. The first kappa shape index (κ1) is 52.1. The van der Waals surface area contributed by atoms with Crippen molar-refractivity contribution < 1.29 is 52.9 Å². The fraction of sp³-hybridized carbons (Fsp3) is 0.667. The molecule has 0 aliphatic heterocycles. The molecule has 0 radical (unpaired) electrons. The number of rotatable bonds is 34. The molecular formula is C45H73O11P. The summed E-state index contributed by atoms with van der Waals surface area (Å²) in [6.07, 6.45) is 38.1. The van der Waals surface area contributed by atoms with Crippen molar-refractivity contribution in [1.29, 1.82) is 0 Å². The molecule has 1 aliphatic carbocycles. The minimum atomic E-state index is -4.84. The van der Waals surface area contributed by atoms with Crippen molar-refractivity contribution >= 4 is 25.5 Å². The number of allylic oxidation sites excluding steroid dienone is 10. The number of aliphatic hydroxyl groups excluding tert-OH is 2. The lowest BCUT2D eigenvalue weighted by Gasteiger charge is -2.19. The van der Waals surface area contributed by atoms with Gasteiger partial charge in [0.25, 0.3) is 0 Å². The first-order valence-electron chi connectivity index (χ1n) is 21.3. The monoisotopic (exact) mass is 820 g/mol. The standard InChI is InChI=1S/C45H73O11P/c1-3-5-7-8-9-10-11-12-13-14-15-16-17-18-19-20-21-22-27-31-44(49)54-36-39(37-55-57(51,52)53)56-45(50)32-28-24-23-26-30-40-41(43(48)35-42(40)47)34-33-38(46)29-25-6-4-2/h5,7,9-10,12-13,15-16,18-19,33-34,38-41,43,46,48H,3-4,6,8,11,14,17,20-32,35-37H2,1-2H3,(H2,51,52,53)/b7-5-,10-9-,13-12-,16-15-,19-18-,34-33+/t38-,39+,40+,41+,43+/m0/s1. The zero-order valence-electron chi connectivity index (χ0n) is 34.7. The number of Topliss-reactive ketones (excluding diaryl/α,β-unsaturated/α-hetero) is 1. The summed E-state index contributed by atoms with van der Waals surface area (Å²) in [6.45, 7) is 3.23. The van der Waals surface area contributed by atoms with E-state index in [1.165, 1.54) is 0 Å². The lowest BCUT2D eigenvalue weighted by Crippen LogP contribution is -2.29. The molecule has 0 aromatic rings. The molecular weight excluding hydrogens is 747 g/mol. The van der Waals surface area contributed by atoms with Crippen LogP contribution in [0.2, 0.25) is 0 Å². The summed E-state index contributed by atoms with van der Waals surface area (Å²) in [6, 6.07) is 0. The normalized spacial score (nSPS) is 19.1. The summed E-state index contributed by atoms with van der Waals surface area (Å²) in [7, 11) is -4.84. The third-order valence-corrected chi connectivity index (χ3v) is 10.1. The molecule has 0 aromatic heterocycles. The molecule has 0 aromatic carbocycles. The number of carbonyl (C=O) groups excluding carboxylic acids is 3. The lowest BCUT2D eigenvalue weighted by atomic mass is 9.88. The van der Waals surface area contributed by atoms with E-state index >= 15 is 0 Å². The number of esters is 2. The highest BCUT2D eigenvalue weighted by Gasteiger charge is 2.39. The molecule has 0 amide bonds. The molecule has 0 bridgehead atoms. The second-order valence-electron chi connectivity index (χ2n) is 14.7. The molecule has 0 spiro atoms. The highest BCUT2D eigenvalue weighted by Crippen LogP contribution is 2.36. The van der Waals surface area contributed by atoms with E-state index in [-0.39, 0.29) is 43.5 Å². The smallest absolute Gasteiger partial charge is 0.462 e. The Morgan fingerprint density at radius 2 is 1.33 bits per heavy atom. The maximum absolute atomic E-state index is 12.5. The first-order valence-corrected chi connectivity index (χ1v) is 22.9. The van der Waals surface area contributed by atoms with E-state index in [0.717, 1.165) is 83.5 Å². The van der Waals surface area contributed by atoms with E-state index < -0.39 is 44.7 Å². The maximum atomic E-state index is 12.5. The van der Waals surface area contributed by atoms with E-state index in [0.29, 0.717) is 32.1 Å². The predicted octanol–water partition coefficient (Wildman–Crippen LogP) is 9.66. The Bertz CT molecular complexity index is 1310. The van der Waals surface area contributed by atoms with E-state index in [1.807, 2.05) is 0 Å². The van der Waals surface area contributed by atoms with E-state index in [9.17, 15) is 29.2 Å². The van der Waals surface area contributed by atoms with Gasteiger partial charge in [-0.15, -0.1) is 0 Å². The fourth-order valence-corrected chi connectivity index (χ4v) is 6.77. The predicted molar refractivity (Wildman–Crippen MR) is 226 cm³/mol. The van der Waals surface area contributed by atoms with Gasteiger partial charge < -0.3 is 29.5 Å². The topological polar surface area (TPSA) is 177 Å². The summed E-state index contributed by atoms with van der Waals surface area (Å²) in [5.74, 6) is -1.66. The summed E-state index contributed by atoms with van der Waals surface area (Å²) in [5.41, 5.74) is 0. The molecule has 12 heteroatoms. The van der Waals surface area contributed by atoms with Crippen LogP contribution in [-0.2, 0) is 32.9 Å². The van der Waals surface area contributed by atoms with Crippen LogP contribution in [-0.4, -0.2) is 69.2 Å². The van der Waals surface area contributed by atoms with Crippen LogP contribution in [0.1, 0.15) is 149 Å². The molecule has 5 atom stereocenters. The fourth-order valence-electron chi connectivity index (χ4n) is 6.41. The van der Waals surface area contributed by atoms with Crippen LogP contribution in [0.3, 0.4) is 0 Å². The minimum Gasteiger partial charge on any atom is -0.462 e. The number of unbranched alkanes of at least 4 members (excludes halogenated alkanes) is 8. The van der Waals surface area contributed by atoms with Crippen LogP contribution in [0.4, 0.5) is 0 Å². The van der Waals surface area contributed by atoms with Crippen LogP contribution in [0.15, 0.2) is 72.9 Å². The van der Waals surface area contributed by atoms with Gasteiger partial charge in [0, 0.05) is 31.1 Å². The lowest BCUT2D eigenvalue weighted by molar-refractivity contribution is -0.161. The van der Waals surface area contributed by atoms with Gasteiger partial charge in [0.15, 0.2) is 6.10 Å². The Morgan fingerprint density at radius 1 is 0.754 bits per heavy atom. The molecule has 1 saturated carbocycles. The number of carbonyl (C=O) groups is 3. The van der Waals surface area contributed by atoms with Crippen molar-refractivity contribution in [3.63, 3.8) is 0 Å². The van der Waals surface area contributed by atoms with Crippen molar-refractivity contribution in [2.75, 3.05) is 13.2 Å². The molecule has 1 rings (SSSR count). The van der Waals surface area contributed by atoms with Gasteiger partial charge in [-0.1, -0.05) is 132 Å². The summed E-state index contributed by atoms with van der Waals surface area (Å²) in [5, 5.41) is 20.7. The van der Waals surface area contributed by atoms with Gasteiger partial charge >= 0.3 is 19.8 Å². The van der Waals surface area contributed by atoms with Gasteiger partial charge in [0.05, 0.1) is 18.8 Å². The molecule has 0 unspecified atom stereocenters. The van der Waals surface area contributed by atoms with Crippen molar-refractivity contribution in [3.8, 4) is 0 Å². The molecule has 0 saturated heterocycles. The van der Waals surface area contributed by atoms with Gasteiger partial charge in [-0.3, -0.25) is 18.9 Å². The van der Waals surface area contributed by atoms with E-state index in [2.05, 4.69) is 79.1 Å². The van der Waals surface area contributed by atoms with Crippen LogP contribution < -0.4 is 0 Å². The van der Waals surface area contributed by atoms with E-state index in [1.54, 1.807) is 12.2 Å². The SMILES string of the molecule is CC/C=C\C/C=C\C/C=C\C/C=C\C/C=C\CCCCCC(=O)OC[C@H](COP(=O)(O)O)OC(=O)CCCCCC[C@H]1C(=O)C[C@@H](O)[C@@H]1/C=C/[C@@H](O)CCCCC. The van der Waals surface area contributed by atoms with Crippen LogP contribution in [0.5, 0.6) is 0 Å². The second-order valence-corrected chi connectivity index (χ2v) is 16.0. The van der Waals surface area contributed by atoms with Gasteiger partial charge in [-0.2, -0.15) is 0 Å². The maximum Gasteiger partial charge on any atom is 0.469 e. The van der Waals surface area contributed by atoms with Gasteiger partial charge in [0.2, 0.25) is 0 Å². The Labute approximate surface area is 342 Å². The zero-order chi connectivity index (χ0) is 42.0. The largest absolute Gasteiger partial charge is 0.469 e. The number of ketones is 1. The quantitative estimate of drug-likeness (QED) is 0.0210. The molecule has 57 heavy (non-hydrogen) atoms. The molecule has 1 aliphatic rings.